The molecule has 1 atom stereocenters. The van der Waals surface area contributed by atoms with E-state index in [0.717, 1.165) is 12.0 Å². The summed E-state index contributed by atoms with van der Waals surface area (Å²) in [5, 5.41) is 0. The summed E-state index contributed by atoms with van der Waals surface area (Å²) in [6.07, 6.45) is 1.40. The molecule has 0 aromatic heterocycles. The van der Waals surface area contributed by atoms with Crippen molar-refractivity contribution >= 4 is 11.9 Å². The summed E-state index contributed by atoms with van der Waals surface area (Å²) in [7, 11) is 1.53. The molecule has 130 valence electrons. The SMILES string of the molecule is COc1ccccc1C(=O)N1CCC[C@H]1C(=O)OCc1ccccc1. The van der Waals surface area contributed by atoms with Gasteiger partial charge in [0, 0.05) is 6.54 Å². The molecular weight excluding hydrogens is 318 g/mol. The van der Waals surface area contributed by atoms with Crippen molar-refractivity contribution in [1.82, 2.24) is 4.90 Å². The number of para-hydroxylation sites is 1. The molecule has 0 saturated carbocycles. The minimum absolute atomic E-state index is 0.198. The van der Waals surface area contributed by atoms with E-state index in [-0.39, 0.29) is 18.5 Å². The molecule has 25 heavy (non-hydrogen) atoms. The van der Waals surface area contributed by atoms with Crippen molar-refractivity contribution in [1.29, 1.82) is 0 Å². The second-order valence-electron chi connectivity index (χ2n) is 5.95. The van der Waals surface area contributed by atoms with Crippen molar-refractivity contribution in [2.75, 3.05) is 13.7 Å². The Labute approximate surface area is 147 Å². The molecular formula is C20H21NO4. The molecule has 0 radical (unpaired) electrons. The number of likely N-dealkylation sites (tertiary alicyclic amines) is 1. The molecule has 2 aromatic rings. The van der Waals surface area contributed by atoms with Gasteiger partial charge >= 0.3 is 5.97 Å². The van der Waals surface area contributed by atoms with Gasteiger partial charge in [-0.3, -0.25) is 4.79 Å². The van der Waals surface area contributed by atoms with Crippen LogP contribution in [0.2, 0.25) is 0 Å². The highest BCUT2D eigenvalue weighted by Gasteiger charge is 2.36. The lowest BCUT2D eigenvalue weighted by molar-refractivity contribution is -0.149. The predicted octanol–water partition coefficient (Wildman–Crippen LogP) is 3.04. The molecule has 1 fully saturated rings. The maximum Gasteiger partial charge on any atom is 0.329 e. The first kappa shape index (κ1) is 17.0. The molecule has 0 unspecified atom stereocenters. The van der Waals surface area contributed by atoms with Crippen molar-refractivity contribution in [3.8, 4) is 5.75 Å². The van der Waals surface area contributed by atoms with Crippen LogP contribution in [-0.4, -0.2) is 36.5 Å². The first-order valence-electron chi connectivity index (χ1n) is 8.35. The van der Waals surface area contributed by atoms with Crippen molar-refractivity contribution < 1.29 is 19.1 Å². The molecule has 1 heterocycles. The third kappa shape index (κ3) is 3.82. The number of esters is 1. The van der Waals surface area contributed by atoms with E-state index in [1.165, 1.54) is 7.11 Å². The third-order valence-electron chi connectivity index (χ3n) is 4.35. The molecule has 0 N–H and O–H groups in total. The topological polar surface area (TPSA) is 55.8 Å². The normalized spacial score (nSPS) is 16.5. The fraction of sp³-hybridized carbons (Fsp3) is 0.300. The maximum absolute atomic E-state index is 12.9. The Bertz CT molecular complexity index is 744. The van der Waals surface area contributed by atoms with Gasteiger partial charge in [0.05, 0.1) is 12.7 Å². The van der Waals surface area contributed by atoms with Crippen LogP contribution >= 0.6 is 0 Å². The minimum atomic E-state index is -0.541. The number of ether oxygens (including phenoxy) is 2. The first-order valence-corrected chi connectivity index (χ1v) is 8.35. The van der Waals surface area contributed by atoms with Gasteiger partial charge in [0.15, 0.2) is 0 Å². The van der Waals surface area contributed by atoms with Crippen LogP contribution in [0.3, 0.4) is 0 Å². The van der Waals surface area contributed by atoms with E-state index < -0.39 is 6.04 Å². The van der Waals surface area contributed by atoms with Gasteiger partial charge in [0.2, 0.25) is 0 Å². The summed E-state index contributed by atoms with van der Waals surface area (Å²) in [5.74, 6) is -0.0444. The van der Waals surface area contributed by atoms with E-state index in [4.69, 9.17) is 9.47 Å². The second-order valence-corrected chi connectivity index (χ2v) is 5.95. The number of rotatable bonds is 5. The fourth-order valence-electron chi connectivity index (χ4n) is 3.06. The lowest BCUT2D eigenvalue weighted by atomic mass is 10.1. The summed E-state index contributed by atoms with van der Waals surface area (Å²) >= 11 is 0. The van der Waals surface area contributed by atoms with Crippen molar-refractivity contribution in [2.24, 2.45) is 0 Å². The smallest absolute Gasteiger partial charge is 0.329 e. The number of carbonyl (C=O) groups excluding carboxylic acids is 2. The highest BCUT2D eigenvalue weighted by Crippen LogP contribution is 2.25. The molecule has 1 amide bonds. The largest absolute Gasteiger partial charge is 0.496 e. The van der Waals surface area contributed by atoms with E-state index in [0.29, 0.717) is 24.3 Å². The molecule has 1 aliphatic heterocycles. The standard InChI is InChI=1S/C20H21NO4/c1-24-18-12-6-5-10-16(18)19(22)21-13-7-11-17(21)20(23)25-14-15-8-3-2-4-9-15/h2-6,8-10,12,17H,7,11,13-14H2,1H3/t17-/m0/s1. The van der Waals surface area contributed by atoms with E-state index in [1.54, 1.807) is 23.1 Å². The van der Waals surface area contributed by atoms with Crippen molar-refractivity contribution in [3.63, 3.8) is 0 Å². The molecule has 0 bridgehead atoms. The van der Waals surface area contributed by atoms with Crippen LogP contribution in [-0.2, 0) is 16.1 Å². The van der Waals surface area contributed by atoms with Crippen LogP contribution in [0.4, 0.5) is 0 Å². The molecule has 3 rings (SSSR count). The second kappa shape index (κ2) is 7.83. The Kier molecular flexibility index (Phi) is 5.33. The third-order valence-corrected chi connectivity index (χ3v) is 4.35. The first-order chi connectivity index (χ1) is 12.2. The van der Waals surface area contributed by atoms with Gasteiger partial charge in [-0.15, -0.1) is 0 Å². The molecule has 2 aromatic carbocycles. The van der Waals surface area contributed by atoms with Crippen molar-refractivity contribution in [2.45, 2.75) is 25.5 Å². The highest BCUT2D eigenvalue weighted by atomic mass is 16.5. The van der Waals surface area contributed by atoms with Crippen LogP contribution < -0.4 is 4.74 Å². The van der Waals surface area contributed by atoms with Crippen LogP contribution in [0.1, 0.15) is 28.8 Å². The Morgan fingerprint density at radius 2 is 1.80 bits per heavy atom. The van der Waals surface area contributed by atoms with Crippen molar-refractivity contribution in [3.05, 3.63) is 65.7 Å². The Balaban J connectivity index is 1.69. The summed E-state index contributed by atoms with van der Waals surface area (Å²) in [4.78, 5) is 26.9. The van der Waals surface area contributed by atoms with Crippen LogP contribution in [0, 0.1) is 0 Å². The summed E-state index contributed by atoms with van der Waals surface area (Å²) in [5.41, 5.74) is 1.39. The Hall–Kier alpha value is -2.82. The summed E-state index contributed by atoms with van der Waals surface area (Å²) in [6.45, 7) is 0.759. The summed E-state index contributed by atoms with van der Waals surface area (Å²) < 4.78 is 10.7. The predicted molar refractivity (Wildman–Crippen MR) is 93.3 cm³/mol. The highest BCUT2D eigenvalue weighted by molar-refractivity contribution is 5.99. The van der Waals surface area contributed by atoms with Gasteiger partial charge in [-0.25, -0.2) is 4.79 Å². The molecule has 0 spiro atoms. The number of benzene rings is 2. The lowest BCUT2D eigenvalue weighted by Crippen LogP contribution is -2.41. The zero-order chi connectivity index (χ0) is 17.6. The van der Waals surface area contributed by atoms with Crippen LogP contribution in [0.5, 0.6) is 5.75 Å². The van der Waals surface area contributed by atoms with Crippen LogP contribution in [0.25, 0.3) is 0 Å². The van der Waals surface area contributed by atoms with Gasteiger partial charge < -0.3 is 14.4 Å². The molecule has 5 heteroatoms. The zero-order valence-electron chi connectivity index (χ0n) is 14.2. The van der Waals surface area contributed by atoms with Gasteiger partial charge in [-0.2, -0.15) is 0 Å². The van der Waals surface area contributed by atoms with E-state index in [1.807, 2.05) is 36.4 Å². The molecule has 0 aliphatic carbocycles. The van der Waals surface area contributed by atoms with Gasteiger partial charge in [-0.1, -0.05) is 42.5 Å². The van der Waals surface area contributed by atoms with E-state index in [9.17, 15) is 9.59 Å². The van der Waals surface area contributed by atoms with Gasteiger partial charge in [0.25, 0.3) is 5.91 Å². The number of nitrogens with zero attached hydrogens (tertiary/aromatic N) is 1. The maximum atomic E-state index is 12.9. The lowest BCUT2D eigenvalue weighted by Gasteiger charge is -2.24. The quantitative estimate of drug-likeness (QED) is 0.786. The fourth-order valence-corrected chi connectivity index (χ4v) is 3.06. The summed E-state index contributed by atoms with van der Waals surface area (Å²) in [6, 6.07) is 16.0. The number of methoxy groups -OCH3 is 1. The molecule has 1 aliphatic rings. The average Bonchev–Trinajstić information content (AvgIpc) is 3.16. The van der Waals surface area contributed by atoms with Gasteiger partial charge in [-0.05, 0) is 30.5 Å². The number of hydrogen-bond acceptors (Lipinski definition) is 4. The van der Waals surface area contributed by atoms with Gasteiger partial charge in [0.1, 0.15) is 18.4 Å². The Morgan fingerprint density at radius 3 is 2.56 bits per heavy atom. The number of amides is 1. The van der Waals surface area contributed by atoms with Crippen LogP contribution in [0.15, 0.2) is 54.6 Å². The monoisotopic (exact) mass is 339 g/mol. The Morgan fingerprint density at radius 1 is 1.08 bits per heavy atom. The number of carbonyl (C=O) groups is 2. The average molecular weight is 339 g/mol. The molecule has 5 nitrogen and oxygen atoms in total. The minimum Gasteiger partial charge on any atom is -0.496 e. The van der Waals surface area contributed by atoms with E-state index in [2.05, 4.69) is 0 Å². The zero-order valence-corrected chi connectivity index (χ0v) is 14.2. The molecule has 1 saturated heterocycles. The number of hydrogen-bond donors (Lipinski definition) is 0. The van der Waals surface area contributed by atoms with E-state index >= 15 is 0 Å².